The number of ketones is 2. The number of hydrogen-bond acceptors (Lipinski definition) is 2. The number of carbonyl (C=O) groups excluding carboxylic acids is 2. The van der Waals surface area contributed by atoms with Crippen molar-refractivity contribution in [3.8, 4) is 0 Å². The Labute approximate surface area is 66.0 Å². The molecule has 0 spiro atoms. The third kappa shape index (κ3) is 0.585. The Hall–Kier alpha value is -0.660. The Morgan fingerprint density at radius 3 is 1.36 bits per heavy atom. The molecule has 3 aliphatic rings. The van der Waals surface area contributed by atoms with E-state index >= 15 is 0 Å². The fraction of sp³-hybridized carbons (Fsp3) is 0.778. The zero-order valence-electron chi connectivity index (χ0n) is 6.94. The van der Waals surface area contributed by atoms with Gasteiger partial charge in [-0.25, -0.2) is 0 Å². The van der Waals surface area contributed by atoms with Gasteiger partial charge in [0.2, 0.25) is 0 Å². The van der Waals surface area contributed by atoms with Crippen LogP contribution in [-0.4, -0.2) is 11.6 Å². The Morgan fingerprint density at radius 2 is 1.18 bits per heavy atom. The van der Waals surface area contributed by atoms with Crippen LogP contribution in [0.2, 0.25) is 0 Å². The first-order valence-electron chi connectivity index (χ1n) is 4.03. The summed E-state index contributed by atoms with van der Waals surface area (Å²) in [6.07, 6.45) is 2.51. The quantitative estimate of drug-likeness (QED) is 0.598. The Balaban J connectivity index is 2.10. The molecule has 0 heterocycles. The number of rotatable bonds is 2. The lowest BCUT2D eigenvalue weighted by atomic mass is 9.33. The highest BCUT2D eigenvalue weighted by atomic mass is 16.1. The van der Waals surface area contributed by atoms with Gasteiger partial charge in [-0.2, -0.15) is 0 Å². The van der Waals surface area contributed by atoms with Crippen molar-refractivity contribution < 1.29 is 9.59 Å². The molecule has 3 fully saturated rings. The third-order valence-electron chi connectivity index (χ3n) is 3.52. The minimum atomic E-state index is -0.0499. The summed E-state index contributed by atoms with van der Waals surface area (Å²) in [5.41, 5.74) is -0.0999. The summed E-state index contributed by atoms with van der Waals surface area (Å²) in [5, 5.41) is 0. The highest BCUT2D eigenvalue weighted by Gasteiger charge is 2.72. The molecule has 0 aliphatic heterocycles. The molecule has 0 saturated heterocycles. The van der Waals surface area contributed by atoms with Crippen LogP contribution in [0.1, 0.15) is 33.1 Å². The molecule has 3 rings (SSSR count). The molecule has 2 heteroatoms. The number of hydrogen-bond donors (Lipinski definition) is 0. The van der Waals surface area contributed by atoms with Gasteiger partial charge in [0, 0.05) is 10.8 Å². The van der Waals surface area contributed by atoms with Crippen LogP contribution in [0.15, 0.2) is 0 Å². The lowest BCUT2D eigenvalue weighted by Gasteiger charge is -2.68. The van der Waals surface area contributed by atoms with E-state index in [2.05, 4.69) is 0 Å². The first-order chi connectivity index (χ1) is 5.01. The first-order valence-corrected chi connectivity index (χ1v) is 4.03. The normalized spacial score (nSPS) is 45.6. The molecule has 0 amide bonds. The molecule has 11 heavy (non-hydrogen) atoms. The monoisotopic (exact) mass is 152 g/mol. The summed E-state index contributed by atoms with van der Waals surface area (Å²) >= 11 is 0. The fourth-order valence-corrected chi connectivity index (χ4v) is 2.53. The van der Waals surface area contributed by atoms with E-state index in [9.17, 15) is 9.59 Å². The van der Waals surface area contributed by atoms with Gasteiger partial charge in [-0.15, -0.1) is 0 Å². The minimum Gasteiger partial charge on any atom is -0.299 e. The molecule has 3 aliphatic carbocycles. The summed E-state index contributed by atoms with van der Waals surface area (Å²) in [5.74, 6) is 0.557. The van der Waals surface area contributed by atoms with Crippen molar-refractivity contribution in [2.75, 3.05) is 0 Å². The van der Waals surface area contributed by atoms with Crippen molar-refractivity contribution in [3.63, 3.8) is 0 Å². The largest absolute Gasteiger partial charge is 0.299 e. The highest BCUT2D eigenvalue weighted by Crippen LogP contribution is 2.73. The van der Waals surface area contributed by atoms with E-state index in [4.69, 9.17) is 0 Å². The van der Waals surface area contributed by atoms with Crippen molar-refractivity contribution >= 4 is 11.6 Å². The predicted molar refractivity (Wildman–Crippen MR) is 40.1 cm³/mol. The molecule has 2 bridgehead atoms. The standard InChI is InChI=1S/C9H12O2/c1-6(10)8-3-9(4-8,5-8)7(2)11/h3-5H2,1-2H3. The topological polar surface area (TPSA) is 34.1 Å². The van der Waals surface area contributed by atoms with Gasteiger partial charge in [0.25, 0.3) is 0 Å². The molecule has 0 radical (unpaired) electrons. The molecule has 0 aromatic rings. The van der Waals surface area contributed by atoms with Gasteiger partial charge in [-0.05, 0) is 33.1 Å². The molecule has 0 unspecified atom stereocenters. The van der Waals surface area contributed by atoms with Crippen LogP contribution >= 0.6 is 0 Å². The van der Waals surface area contributed by atoms with E-state index in [1.165, 1.54) is 0 Å². The summed E-state index contributed by atoms with van der Waals surface area (Å²) in [6.45, 7) is 3.28. The van der Waals surface area contributed by atoms with Crippen LogP contribution in [-0.2, 0) is 9.59 Å². The van der Waals surface area contributed by atoms with Gasteiger partial charge in [0.05, 0.1) is 0 Å². The van der Waals surface area contributed by atoms with Crippen LogP contribution in [0, 0.1) is 10.8 Å². The maximum Gasteiger partial charge on any atom is 0.136 e. The Kier molecular flexibility index (Phi) is 1.00. The van der Waals surface area contributed by atoms with Crippen molar-refractivity contribution in [1.82, 2.24) is 0 Å². The lowest BCUT2D eigenvalue weighted by Crippen LogP contribution is -2.67. The summed E-state index contributed by atoms with van der Waals surface area (Å²) < 4.78 is 0. The van der Waals surface area contributed by atoms with E-state index in [0.29, 0.717) is 0 Å². The second-order valence-electron chi connectivity index (χ2n) is 4.20. The Morgan fingerprint density at radius 1 is 0.909 bits per heavy atom. The first kappa shape index (κ1) is 7.01. The van der Waals surface area contributed by atoms with E-state index in [1.54, 1.807) is 13.8 Å². The molecule has 0 aromatic carbocycles. The predicted octanol–water partition coefficient (Wildman–Crippen LogP) is 1.33. The second-order valence-corrected chi connectivity index (χ2v) is 4.20. The second kappa shape index (κ2) is 1.57. The van der Waals surface area contributed by atoms with Crippen LogP contribution in [0.25, 0.3) is 0 Å². The van der Waals surface area contributed by atoms with Crippen LogP contribution in [0.4, 0.5) is 0 Å². The van der Waals surface area contributed by atoms with Crippen molar-refractivity contribution in [1.29, 1.82) is 0 Å². The molecule has 3 saturated carbocycles. The molecule has 0 aromatic heterocycles. The van der Waals surface area contributed by atoms with Crippen molar-refractivity contribution in [2.24, 2.45) is 10.8 Å². The molecule has 0 atom stereocenters. The molecular weight excluding hydrogens is 140 g/mol. The highest BCUT2D eigenvalue weighted by molar-refractivity contribution is 5.95. The van der Waals surface area contributed by atoms with Gasteiger partial charge in [-0.1, -0.05) is 0 Å². The van der Waals surface area contributed by atoms with E-state index < -0.39 is 0 Å². The van der Waals surface area contributed by atoms with Crippen LogP contribution in [0.5, 0.6) is 0 Å². The van der Waals surface area contributed by atoms with Gasteiger partial charge < -0.3 is 0 Å². The van der Waals surface area contributed by atoms with Crippen LogP contribution in [0.3, 0.4) is 0 Å². The zero-order valence-corrected chi connectivity index (χ0v) is 6.94. The van der Waals surface area contributed by atoms with Crippen molar-refractivity contribution in [3.05, 3.63) is 0 Å². The van der Waals surface area contributed by atoms with Gasteiger partial charge >= 0.3 is 0 Å². The number of Topliss-reactive ketones (excluding diaryl/α,β-unsaturated/α-hetero) is 2. The van der Waals surface area contributed by atoms with Gasteiger partial charge in [0.1, 0.15) is 11.6 Å². The molecule has 60 valence electrons. The zero-order chi connectivity index (χ0) is 8.28. The summed E-state index contributed by atoms with van der Waals surface area (Å²) in [4.78, 5) is 22.1. The fourth-order valence-electron chi connectivity index (χ4n) is 2.53. The summed E-state index contributed by atoms with van der Waals surface area (Å²) in [6, 6.07) is 0. The van der Waals surface area contributed by atoms with Crippen molar-refractivity contribution in [2.45, 2.75) is 33.1 Å². The maximum atomic E-state index is 11.0. The number of carbonyl (C=O) groups is 2. The minimum absolute atomic E-state index is 0.0499. The van der Waals surface area contributed by atoms with Crippen LogP contribution < -0.4 is 0 Å². The average Bonchev–Trinajstić information content (AvgIpc) is 1.51. The average molecular weight is 152 g/mol. The van der Waals surface area contributed by atoms with Gasteiger partial charge in [-0.3, -0.25) is 9.59 Å². The molecule has 2 nitrogen and oxygen atoms in total. The molecular formula is C9H12O2. The van der Waals surface area contributed by atoms with E-state index in [-0.39, 0.29) is 22.4 Å². The van der Waals surface area contributed by atoms with E-state index in [0.717, 1.165) is 19.3 Å². The smallest absolute Gasteiger partial charge is 0.136 e. The summed E-state index contributed by atoms with van der Waals surface area (Å²) in [7, 11) is 0. The Bertz CT molecular complexity index is 209. The lowest BCUT2D eigenvalue weighted by molar-refractivity contribution is -0.202. The van der Waals surface area contributed by atoms with E-state index in [1.807, 2.05) is 0 Å². The van der Waals surface area contributed by atoms with Gasteiger partial charge in [0.15, 0.2) is 0 Å². The SMILES string of the molecule is CC(=O)C12CC(C(C)=O)(C1)C2. The maximum absolute atomic E-state index is 11.0. The third-order valence-corrected chi connectivity index (χ3v) is 3.52. The molecule has 0 N–H and O–H groups in total.